The molecule has 0 aromatic carbocycles. The van der Waals surface area contributed by atoms with Crippen molar-refractivity contribution < 1.29 is 1.43 Å². The average molecular weight is 169 g/mol. The summed E-state index contributed by atoms with van der Waals surface area (Å²) in [7, 11) is 0. The van der Waals surface area contributed by atoms with Crippen LogP contribution in [0.5, 0.6) is 0 Å². The van der Waals surface area contributed by atoms with Crippen LogP contribution in [0.25, 0.3) is 0 Å². The molecule has 2 rings (SSSR count). The van der Waals surface area contributed by atoms with E-state index in [4.69, 9.17) is 0 Å². The van der Waals surface area contributed by atoms with E-state index in [1.54, 1.807) is 0 Å². The molecule has 2 atom stereocenters. The predicted octanol–water partition coefficient (Wildman–Crippen LogP) is 2.67. The first-order valence-corrected chi connectivity index (χ1v) is 5.43. The summed E-state index contributed by atoms with van der Waals surface area (Å²) >= 11 is 0. The molecule has 1 aliphatic carbocycles. The third-order valence-electron chi connectivity index (χ3n) is 4.02. The second-order valence-corrected chi connectivity index (χ2v) is 5.17. The van der Waals surface area contributed by atoms with Crippen LogP contribution in [0.4, 0.5) is 0 Å². The third-order valence-corrected chi connectivity index (χ3v) is 4.02. The number of rotatable bonds is 1. The first-order chi connectivity index (χ1) is 5.72. The van der Waals surface area contributed by atoms with E-state index in [0.717, 1.165) is 17.3 Å². The lowest BCUT2D eigenvalue weighted by atomic mass is 9.83. The second kappa shape index (κ2) is 3.02. The minimum Gasteiger partial charge on any atom is -0.316 e. The lowest BCUT2D eigenvalue weighted by Gasteiger charge is -2.22. The Morgan fingerprint density at radius 1 is 1.42 bits per heavy atom. The summed E-state index contributed by atoms with van der Waals surface area (Å²) in [5.74, 6) is 1.93. The maximum absolute atomic E-state index is 3.51. The van der Waals surface area contributed by atoms with Crippen molar-refractivity contribution >= 4 is 0 Å². The molecule has 1 saturated heterocycles. The monoisotopic (exact) mass is 169 g/mol. The van der Waals surface area contributed by atoms with Gasteiger partial charge in [-0.3, -0.25) is 0 Å². The Balaban J connectivity index is 0.000000845. The van der Waals surface area contributed by atoms with Gasteiger partial charge in [-0.1, -0.05) is 13.8 Å². The molecule has 0 bridgehead atoms. The van der Waals surface area contributed by atoms with Gasteiger partial charge in [0.25, 0.3) is 0 Å². The second-order valence-electron chi connectivity index (χ2n) is 5.17. The van der Waals surface area contributed by atoms with Crippen LogP contribution in [0, 0.1) is 17.3 Å². The van der Waals surface area contributed by atoms with Crippen LogP contribution in [0.15, 0.2) is 0 Å². The first kappa shape index (κ1) is 8.55. The largest absolute Gasteiger partial charge is 0.316 e. The lowest BCUT2D eigenvalue weighted by molar-refractivity contribution is 0.294. The molecule has 0 aromatic rings. The normalized spacial score (nSPS) is 41.8. The van der Waals surface area contributed by atoms with Crippen molar-refractivity contribution in [2.75, 3.05) is 13.1 Å². The summed E-state index contributed by atoms with van der Waals surface area (Å²) < 4.78 is 0. The number of hydrogen-bond acceptors (Lipinski definition) is 1. The molecule has 72 valence electrons. The molecule has 1 spiro atoms. The Morgan fingerprint density at radius 3 is 2.75 bits per heavy atom. The fraction of sp³-hybridized carbons (Fsp3) is 1.00. The fourth-order valence-electron chi connectivity index (χ4n) is 3.00. The molecule has 2 unspecified atom stereocenters. The first-order valence-electron chi connectivity index (χ1n) is 5.43. The highest BCUT2D eigenvalue weighted by Gasteiger charge is 2.41. The van der Waals surface area contributed by atoms with Crippen molar-refractivity contribution in [1.29, 1.82) is 0 Å². The fourth-order valence-corrected chi connectivity index (χ4v) is 3.00. The SMILES string of the molecule is CC(C)C1CCC2(CCNC2)C1.[HH]. The van der Waals surface area contributed by atoms with Crippen molar-refractivity contribution in [3.05, 3.63) is 0 Å². The van der Waals surface area contributed by atoms with Gasteiger partial charge in [-0.15, -0.1) is 0 Å². The summed E-state index contributed by atoms with van der Waals surface area (Å²) in [6.45, 7) is 7.33. The van der Waals surface area contributed by atoms with E-state index in [2.05, 4.69) is 19.2 Å². The molecule has 1 heteroatoms. The van der Waals surface area contributed by atoms with Crippen molar-refractivity contribution in [3.8, 4) is 0 Å². The quantitative estimate of drug-likeness (QED) is 0.636. The molecule has 0 radical (unpaired) electrons. The molecule has 1 aliphatic heterocycles. The Bertz CT molecular complexity index is 161. The number of hydrogen-bond donors (Lipinski definition) is 1. The van der Waals surface area contributed by atoms with Crippen LogP contribution in [0.1, 0.15) is 41.0 Å². The van der Waals surface area contributed by atoms with E-state index >= 15 is 0 Å². The van der Waals surface area contributed by atoms with Crippen molar-refractivity contribution in [1.82, 2.24) is 5.32 Å². The summed E-state index contributed by atoms with van der Waals surface area (Å²) in [6.07, 6.45) is 5.91. The minimum atomic E-state index is 0. The van der Waals surface area contributed by atoms with Gasteiger partial charge in [0.2, 0.25) is 0 Å². The van der Waals surface area contributed by atoms with Crippen LogP contribution in [0.3, 0.4) is 0 Å². The van der Waals surface area contributed by atoms with Gasteiger partial charge < -0.3 is 5.32 Å². The maximum atomic E-state index is 3.51. The van der Waals surface area contributed by atoms with E-state index in [-0.39, 0.29) is 1.43 Å². The molecule has 2 aliphatic rings. The van der Waals surface area contributed by atoms with Crippen molar-refractivity contribution in [3.63, 3.8) is 0 Å². The van der Waals surface area contributed by atoms with Gasteiger partial charge in [0, 0.05) is 7.97 Å². The van der Waals surface area contributed by atoms with E-state index in [9.17, 15) is 0 Å². The standard InChI is InChI=1S/C11H21N.H2/c1-9(2)10-3-4-11(7-10)5-6-12-8-11;/h9-10,12H,3-8H2,1-2H3;1H. The average Bonchev–Trinajstić information content (AvgIpc) is 2.62. The zero-order chi connectivity index (χ0) is 8.60. The van der Waals surface area contributed by atoms with Gasteiger partial charge in [-0.05, 0) is 49.5 Å². The third kappa shape index (κ3) is 1.39. The maximum Gasteiger partial charge on any atom is 0.000839 e. The van der Waals surface area contributed by atoms with Crippen LogP contribution in [-0.4, -0.2) is 13.1 Å². The van der Waals surface area contributed by atoms with E-state index in [0.29, 0.717) is 0 Å². The van der Waals surface area contributed by atoms with E-state index < -0.39 is 0 Å². The molecule has 0 amide bonds. The van der Waals surface area contributed by atoms with Gasteiger partial charge in [0.1, 0.15) is 0 Å². The van der Waals surface area contributed by atoms with Gasteiger partial charge >= 0.3 is 0 Å². The topological polar surface area (TPSA) is 12.0 Å². The molecule has 1 nitrogen and oxygen atoms in total. The molecular formula is C11H23N. The van der Waals surface area contributed by atoms with E-state index in [1.165, 1.54) is 38.8 Å². The van der Waals surface area contributed by atoms with Crippen LogP contribution < -0.4 is 5.32 Å². The Morgan fingerprint density at radius 2 is 2.25 bits per heavy atom. The minimum absolute atomic E-state index is 0. The van der Waals surface area contributed by atoms with Crippen LogP contribution in [-0.2, 0) is 0 Å². The molecule has 0 aromatic heterocycles. The molecular weight excluding hydrogens is 146 g/mol. The molecule has 1 N–H and O–H groups in total. The molecule has 1 heterocycles. The number of nitrogens with one attached hydrogen (secondary N) is 1. The van der Waals surface area contributed by atoms with Gasteiger partial charge in [0.05, 0.1) is 0 Å². The Labute approximate surface area is 77.4 Å². The highest BCUT2D eigenvalue weighted by atomic mass is 14.9. The Kier molecular flexibility index (Phi) is 2.16. The summed E-state index contributed by atoms with van der Waals surface area (Å²) in [5, 5.41) is 3.51. The van der Waals surface area contributed by atoms with Crippen molar-refractivity contribution in [2.24, 2.45) is 17.3 Å². The van der Waals surface area contributed by atoms with Gasteiger partial charge in [0.15, 0.2) is 0 Å². The van der Waals surface area contributed by atoms with Gasteiger partial charge in [-0.25, -0.2) is 0 Å². The van der Waals surface area contributed by atoms with Gasteiger partial charge in [-0.2, -0.15) is 0 Å². The molecule has 2 fully saturated rings. The highest BCUT2D eigenvalue weighted by Crippen LogP contribution is 2.47. The molecule has 1 saturated carbocycles. The smallest absolute Gasteiger partial charge is 0.000839 e. The van der Waals surface area contributed by atoms with E-state index in [1.807, 2.05) is 0 Å². The summed E-state index contributed by atoms with van der Waals surface area (Å²) in [4.78, 5) is 0. The predicted molar refractivity (Wildman–Crippen MR) is 54.2 cm³/mol. The highest BCUT2D eigenvalue weighted by molar-refractivity contribution is 4.95. The molecule has 12 heavy (non-hydrogen) atoms. The summed E-state index contributed by atoms with van der Waals surface area (Å²) in [6, 6.07) is 0. The zero-order valence-corrected chi connectivity index (χ0v) is 8.40. The zero-order valence-electron chi connectivity index (χ0n) is 8.40. The van der Waals surface area contributed by atoms with Crippen molar-refractivity contribution in [2.45, 2.75) is 39.5 Å². The van der Waals surface area contributed by atoms with Crippen LogP contribution in [0.2, 0.25) is 0 Å². The van der Waals surface area contributed by atoms with Crippen LogP contribution >= 0.6 is 0 Å². The lowest BCUT2D eigenvalue weighted by Crippen LogP contribution is -2.21. The Hall–Kier alpha value is -0.0400. The summed E-state index contributed by atoms with van der Waals surface area (Å²) in [5.41, 5.74) is 0.731.